The molecule has 3 heterocycles. The lowest BCUT2D eigenvalue weighted by molar-refractivity contribution is -0.117. The number of rotatable bonds is 14. The first-order chi connectivity index (χ1) is 22.5. The van der Waals surface area contributed by atoms with Gasteiger partial charge in [-0.2, -0.15) is 0 Å². The van der Waals surface area contributed by atoms with Crippen molar-refractivity contribution in [2.24, 2.45) is 0 Å². The molecule has 2 aliphatic rings. The Kier molecular flexibility index (Phi) is 24.1. The highest BCUT2D eigenvalue weighted by Gasteiger charge is 2.33. The first kappa shape index (κ1) is 44.5. The molecule has 3 rings (SSSR count). The molecule has 10 heteroatoms. The van der Waals surface area contributed by atoms with Crippen molar-refractivity contribution in [2.45, 2.75) is 119 Å². The third-order valence-corrected chi connectivity index (χ3v) is 8.83. The van der Waals surface area contributed by atoms with Gasteiger partial charge in [0, 0.05) is 61.5 Å². The summed E-state index contributed by atoms with van der Waals surface area (Å²) in [6.07, 6.45) is 7.68. The third-order valence-electron chi connectivity index (χ3n) is 7.93. The largest absolute Gasteiger partial charge is 0.378 e. The van der Waals surface area contributed by atoms with Crippen molar-refractivity contribution in [1.82, 2.24) is 20.5 Å². The number of morpholine rings is 1. The summed E-state index contributed by atoms with van der Waals surface area (Å²) in [4.78, 5) is 34.2. The quantitative estimate of drug-likeness (QED) is 0.154. The van der Waals surface area contributed by atoms with Crippen LogP contribution in [0.15, 0.2) is 41.5 Å². The summed E-state index contributed by atoms with van der Waals surface area (Å²) < 4.78 is 11.1. The Morgan fingerprint density at radius 1 is 1.21 bits per heavy atom. The molecule has 0 bridgehead atoms. The lowest BCUT2D eigenvalue weighted by Crippen LogP contribution is -2.54. The van der Waals surface area contributed by atoms with Crippen molar-refractivity contribution in [3.05, 3.63) is 47.2 Å². The molecule has 47 heavy (non-hydrogen) atoms. The van der Waals surface area contributed by atoms with Crippen molar-refractivity contribution in [2.75, 3.05) is 57.4 Å². The Labute approximate surface area is 291 Å². The highest BCUT2D eigenvalue weighted by atomic mass is 32.1. The van der Waals surface area contributed by atoms with Gasteiger partial charge in [0.2, 0.25) is 5.91 Å². The maximum Gasteiger partial charge on any atom is 0.274 e. The van der Waals surface area contributed by atoms with Crippen LogP contribution in [0.1, 0.15) is 118 Å². The summed E-state index contributed by atoms with van der Waals surface area (Å²) in [6, 6.07) is 0. The van der Waals surface area contributed by atoms with E-state index in [-0.39, 0.29) is 23.5 Å². The zero-order valence-corrected chi connectivity index (χ0v) is 32.2. The molecule has 2 fully saturated rings. The molecule has 1 aromatic rings. The number of amides is 2. The number of hydrogen-bond acceptors (Lipinski definition) is 8. The number of carbonyl (C=O) groups excluding carboxylic acids is 2. The third kappa shape index (κ3) is 16.4. The highest BCUT2D eigenvalue weighted by molar-refractivity contribution is 7.13. The molecule has 2 saturated heterocycles. The summed E-state index contributed by atoms with van der Waals surface area (Å²) in [6.45, 7) is 34.6. The fourth-order valence-corrected chi connectivity index (χ4v) is 6.05. The molecule has 0 saturated carbocycles. The fourth-order valence-electron chi connectivity index (χ4n) is 5.15. The van der Waals surface area contributed by atoms with Gasteiger partial charge >= 0.3 is 0 Å². The number of thiazole rings is 1. The van der Waals surface area contributed by atoms with Crippen LogP contribution >= 0.6 is 11.3 Å². The van der Waals surface area contributed by atoms with Gasteiger partial charge in [0.15, 0.2) is 5.13 Å². The minimum absolute atomic E-state index is 0.137. The van der Waals surface area contributed by atoms with Gasteiger partial charge in [0.05, 0.1) is 19.3 Å². The number of anilines is 1. The molecule has 1 aromatic heterocycles. The molecule has 2 amide bonds. The van der Waals surface area contributed by atoms with Crippen LogP contribution in [0.4, 0.5) is 5.13 Å². The summed E-state index contributed by atoms with van der Waals surface area (Å²) in [5, 5.41) is 8.41. The average Bonchev–Trinajstić information content (AvgIpc) is 3.76. The predicted molar refractivity (Wildman–Crippen MR) is 200 cm³/mol. The molecular formula is C37H67N5O4S. The number of ether oxygens (including phenoxy) is 2. The monoisotopic (exact) mass is 677 g/mol. The predicted octanol–water partition coefficient (Wildman–Crippen LogP) is 7.76. The standard InChI is InChI=1S/C21H34N4O3S.C11H21NO.C3H6.C2H6/c1-5-12-25(7-3)21-24-18(14-29-21)20(27)23-15(4)17(6-2)19(26)22-11-10-16-9-8-13-28-16;1-5-11(4)9-13-7-6-12(11)8-10(2)3;1-3-2;1-2/h14,16H,5-13H2,1-4H3,(H,22,26)(H,23,27);2,5-9H2,1,3-4H3;3H,1H2,2H3;1-2H3/b17-15-;;;/t16-;;;/m1.../s1. The Morgan fingerprint density at radius 2 is 1.89 bits per heavy atom. The highest BCUT2D eigenvalue weighted by Crippen LogP contribution is 2.24. The Bertz CT molecular complexity index is 1080. The van der Waals surface area contributed by atoms with E-state index in [0.29, 0.717) is 29.9 Å². The lowest BCUT2D eigenvalue weighted by atomic mass is 9.95. The van der Waals surface area contributed by atoms with Crippen LogP contribution < -0.4 is 15.5 Å². The second-order valence-corrected chi connectivity index (χ2v) is 12.7. The number of aromatic nitrogens is 1. The minimum atomic E-state index is -0.282. The molecular weight excluding hydrogens is 611 g/mol. The molecule has 2 atom stereocenters. The first-order valence-corrected chi connectivity index (χ1v) is 18.5. The van der Waals surface area contributed by atoms with Crippen LogP contribution in [0.5, 0.6) is 0 Å². The van der Waals surface area contributed by atoms with E-state index in [0.717, 1.165) is 83.2 Å². The summed E-state index contributed by atoms with van der Waals surface area (Å²) >= 11 is 1.47. The molecule has 270 valence electrons. The zero-order chi connectivity index (χ0) is 35.8. The van der Waals surface area contributed by atoms with Crippen LogP contribution in [-0.2, 0) is 14.3 Å². The number of hydrogen-bond donors (Lipinski definition) is 2. The molecule has 0 aromatic carbocycles. The average molecular weight is 678 g/mol. The summed E-state index contributed by atoms with van der Waals surface area (Å²) in [5.41, 5.74) is 3.00. The summed E-state index contributed by atoms with van der Waals surface area (Å²) in [7, 11) is 0. The molecule has 2 N–H and O–H groups in total. The van der Waals surface area contributed by atoms with Crippen molar-refractivity contribution < 1.29 is 19.1 Å². The van der Waals surface area contributed by atoms with Crippen molar-refractivity contribution in [3.63, 3.8) is 0 Å². The van der Waals surface area contributed by atoms with E-state index in [1.165, 1.54) is 16.9 Å². The van der Waals surface area contributed by atoms with Crippen LogP contribution in [0.25, 0.3) is 0 Å². The van der Waals surface area contributed by atoms with E-state index in [2.05, 4.69) is 73.2 Å². The van der Waals surface area contributed by atoms with Gasteiger partial charge in [-0.05, 0) is 73.1 Å². The van der Waals surface area contributed by atoms with Gasteiger partial charge in [0.25, 0.3) is 5.91 Å². The van der Waals surface area contributed by atoms with E-state index in [1.54, 1.807) is 18.4 Å². The normalized spacial score (nSPS) is 19.3. The SMILES string of the molecule is C=C(C)CN1CCOCC1(C)CC.C=CC.CC.CCCN(CC)c1nc(C(=O)N/C(C)=C(/CC)C(=O)NCC[C@H]2CCCO2)cs1. The molecule has 0 aliphatic carbocycles. The van der Waals surface area contributed by atoms with E-state index in [9.17, 15) is 9.59 Å². The Morgan fingerprint density at radius 3 is 2.43 bits per heavy atom. The van der Waals surface area contributed by atoms with Crippen LogP contribution in [0, 0.1) is 0 Å². The van der Waals surface area contributed by atoms with Crippen molar-refractivity contribution >= 4 is 28.3 Å². The van der Waals surface area contributed by atoms with Crippen molar-refractivity contribution in [3.8, 4) is 0 Å². The number of allylic oxidation sites excluding steroid dienone is 2. The number of nitrogens with zero attached hydrogens (tertiary/aromatic N) is 3. The first-order valence-electron chi connectivity index (χ1n) is 17.6. The van der Waals surface area contributed by atoms with E-state index < -0.39 is 0 Å². The Hall–Kier alpha value is -2.53. The second kappa shape index (κ2) is 25.5. The van der Waals surface area contributed by atoms with Gasteiger partial charge in [-0.1, -0.05) is 52.8 Å². The summed E-state index contributed by atoms with van der Waals surface area (Å²) in [5.74, 6) is -0.418. The van der Waals surface area contributed by atoms with Gasteiger partial charge in [-0.3, -0.25) is 14.5 Å². The molecule has 1 unspecified atom stereocenters. The van der Waals surface area contributed by atoms with Gasteiger partial charge in [-0.15, -0.1) is 17.9 Å². The molecule has 2 aliphatic heterocycles. The van der Waals surface area contributed by atoms with Crippen LogP contribution in [0.3, 0.4) is 0 Å². The van der Waals surface area contributed by atoms with E-state index in [1.807, 2.05) is 27.7 Å². The van der Waals surface area contributed by atoms with E-state index >= 15 is 0 Å². The van der Waals surface area contributed by atoms with E-state index in [4.69, 9.17) is 9.47 Å². The van der Waals surface area contributed by atoms with Gasteiger partial charge in [0.1, 0.15) is 5.69 Å². The van der Waals surface area contributed by atoms with Crippen LogP contribution in [-0.4, -0.2) is 85.9 Å². The Balaban J connectivity index is 0.000000974. The topological polar surface area (TPSA) is 96.0 Å². The van der Waals surface area contributed by atoms with Gasteiger partial charge in [-0.25, -0.2) is 4.98 Å². The molecule has 0 spiro atoms. The maximum atomic E-state index is 12.6. The van der Waals surface area contributed by atoms with Crippen molar-refractivity contribution in [1.29, 1.82) is 0 Å². The molecule has 0 radical (unpaired) electrons. The van der Waals surface area contributed by atoms with Gasteiger partial charge < -0.3 is 25.0 Å². The van der Waals surface area contributed by atoms with Crippen LogP contribution in [0.2, 0.25) is 0 Å². The molecule has 9 nitrogen and oxygen atoms in total. The maximum absolute atomic E-state index is 12.6. The second-order valence-electron chi connectivity index (χ2n) is 11.9. The zero-order valence-electron chi connectivity index (χ0n) is 31.4. The minimum Gasteiger partial charge on any atom is -0.378 e. The lowest BCUT2D eigenvalue weighted by Gasteiger charge is -2.44. The fraction of sp³-hybridized carbons (Fsp3) is 0.703. The number of carbonyl (C=O) groups is 2. The smallest absolute Gasteiger partial charge is 0.274 e. The number of nitrogens with one attached hydrogen (secondary N) is 2.